The minimum atomic E-state index is -0.491. The van der Waals surface area contributed by atoms with E-state index in [0.29, 0.717) is 17.6 Å². The fourth-order valence-electron chi connectivity index (χ4n) is 4.51. The molecule has 142 valence electrons. The average molecular weight is 367 g/mol. The summed E-state index contributed by atoms with van der Waals surface area (Å²) < 4.78 is 5.78. The molecule has 1 fully saturated rings. The number of phenols is 1. The van der Waals surface area contributed by atoms with Gasteiger partial charge in [0.2, 0.25) is 0 Å². The summed E-state index contributed by atoms with van der Waals surface area (Å²) in [6.07, 6.45) is 6.01. The Morgan fingerprint density at radius 1 is 1.19 bits per heavy atom. The van der Waals surface area contributed by atoms with Crippen LogP contribution in [0.15, 0.2) is 46.8 Å². The van der Waals surface area contributed by atoms with Crippen molar-refractivity contribution < 1.29 is 19.4 Å². The van der Waals surface area contributed by atoms with Gasteiger partial charge in [0.1, 0.15) is 11.9 Å². The van der Waals surface area contributed by atoms with Gasteiger partial charge in [-0.2, -0.15) is 0 Å². The second-order valence-corrected chi connectivity index (χ2v) is 7.67. The van der Waals surface area contributed by atoms with E-state index in [2.05, 4.69) is 5.32 Å². The highest BCUT2D eigenvalue weighted by molar-refractivity contribution is 6.03. The van der Waals surface area contributed by atoms with E-state index in [-0.39, 0.29) is 23.6 Å². The first kappa shape index (κ1) is 17.8. The molecule has 27 heavy (non-hydrogen) atoms. The largest absolute Gasteiger partial charge is 0.508 e. The lowest BCUT2D eigenvalue weighted by molar-refractivity contribution is -0.144. The van der Waals surface area contributed by atoms with E-state index >= 15 is 0 Å². The molecule has 4 rings (SSSR count). The molecular weight excluding hydrogens is 342 g/mol. The minimum absolute atomic E-state index is 0.0416. The van der Waals surface area contributed by atoms with Crippen LogP contribution in [-0.2, 0) is 14.3 Å². The van der Waals surface area contributed by atoms with Gasteiger partial charge in [0, 0.05) is 29.3 Å². The zero-order valence-electron chi connectivity index (χ0n) is 15.6. The van der Waals surface area contributed by atoms with Crippen molar-refractivity contribution in [3.8, 4) is 5.75 Å². The van der Waals surface area contributed by atoms with Gasteiger partial charge in [-0.3, -0.25) is 4.79 Å². The number of nitrogens with one attached hydrogen (secondary N) is 1. The number of rotatable bonds is 3. The zero-order chi connectivity index (χ0) is 19.0. The number of dihydropyridines is 1. The third-order valence-electron chi connectivity index (χ3n) is 5.78. The number of allylic oxidation sites excluding steroid dienone is 3. The SMILES string of the molecule is CC1=C(C(=O)OC2CCCC2)[C@@H](c2cccc(O)c2)C2=C(CCCC2=O)N1. The molecule has 1 heterocycles. The summed E-state index contributed by atoms with van der Waals surface area (Å²) in [6.45, 7) is 1.86. The number of ether oxygens (including phenoxy) is 1. The van der Waals surface area contributed by atoms with Crippen molar-refractivity contribution in [3.63, 3.8) is 0 Å². The molecule has 0 aromatic heterocycles. The summed E-state index contributed by atoms with van der Waals surface area (Å²) in [4.78, 5) is 25.9. The minimum Gasteiger partial charge on any atom is -0.508 e. The summed E-state index contributed by atoms with van der Waals surface area (Å²) in [5, 5.41) is 13.3. The van der Waals surface area contributed by atoms with Gasteiger partial charge >= 0.3 is 5.97 Å². The molecule has 5 nitrogen and oxygen atoms in total. The predicted octanol–water partition coefficient (Wildman–Crippen LogP) is 3.85. The van der Waals surface area contributed by atoms with Gasteiger partial charge in [0.05, 0.1) is 5.57 Å². The van der Waals surface area contributed by atoms with Gasteiger partial charge < -0.3 is 15.2 Å². The molecule has 0 amide bonds. The normalized spacial score (nSPS) is 23.3. The van der Waals surface area contributed by atoms with Crippen LogP contribution in [-0.4, -0.2) is 23.0 Å². The number of hydrogen-bond acceptors (Lipinski definition) is 5. The number of benzene rings is 1. The Kier molecular flexibility index (Phi) is 4.77. The molecule has 1 aliphatic heterocycles. The number of aromatic hydroxyl groups is 1. The molecule has 5 heteroatoms. The van der Waals surface area contributed by atoms with E-state index in [1.807, 2.05) is 13.0 Å². The number of Topliss-reactive ketones (excluding diaryl/α,β-unsaturated/α-hetero) is 1. The lowest BCUT2D eigenvalue weighted by atomic mass is 9.75. The molecule has 2 aliphatic carbocycles. The average Bonchev–Trinajstić information content (AvgIpc) is 3.13. The molecule has 0 bridgehead atoms. The van der Waals surface area contributed by atoms with Crippen LogP contribution < -0.4 is 5.32 Å². The lowest BCUT2D eigenvalue weighted by Crippen LogP contribution is -2.35. The van der Waals surface area contributed by atoms with Crippen LogP contribution in [0.4, 0.5) is 0 Å². The third-order valence-corrected chi connectivity index (χ3v) is 5.78. The number of phenolic OH excluding ortho intramolecular Hbond substituents is 1. The summed E-state index contributed by atoms with van der Waals surface area (Å²) in [5.74, 6) is -0.659. The number of carbonyl (C=O) groups is 2. The van der Waals surface area contributed by atoms with Crippen molar-refractivity contribution in [2.24, 2.45) is 0 Å². The van der Waals surface area contributed by atoms with E-state index in [9.17, 15) is 14.7 Å². The Hall–Kier alpha value is -2.56. The maximum Gasteiger partial charge on any atom is 0.337 e. The van der Waals surface area contributed by atoms with Crippen LogP contribution in [0.2, 0.25) is 0 Å². The Morgan fingerprint density at radius 3 is 2.70 bits per heavy atom. The van der Waals surface area contributed by atoms with Gasteiger partial charge in [-0.05, 0) is 63.1 Å². The van der Waals surface area contributed by atoms with Crippen LogP contribution in [0, 0.1) is 0 Å². The first-order chi connectivity index (χ1) is 13.0. The quantitative estimate of drug-likeness (QED) is 0.794. The standard InChI is InChI=1S/C22H25NO4/c1-13-19(22(26)27-16-8-2-3-9-16)20(14-6-4-7-15(24)12-14)21-17(23-13)10-5-11-18(21)25/h4,6-7,12,16,20,23-24H,2-3,5,8-11H2,1H3/t20-/m1/s1. The van der Waals surface area contributed by atoms with Gasteiger partial charge in [0.25, 0.3) is 0 Å². The van der Waals surface area contributed by atoms with Crippen LogP contribution in [0.3, 0.4) is 0 Å². The maximum atomic E-state index is 13.1. The van der Waals surface area contributed by atoms with Gasteiger partial charge in [-0.25, -0.2) is 4.79 Å². The fraction of sp³-hybridized carbons (Fsp3) is 0.455. The summed E-state index contributed by atoms with van der Waals surface area (Å²) in [6, 6.07) is 6.84. The monoisotopic (exact) mass is 367 g/mol. The molecule has 0 saturated heterocycles. The van der Waals surface area contributed by atoms with Crippen molar-refractivity contribution in [1.82, 2.24) is 5.32 Å². The first-order valence-corrected chi connectivity index (χ1v) is 9.78. The second kappa shape index (κ2) is 7.22. The van der Waals surface area contributed by atoms with Crippen LogP contribution in [0.1, 0.15) is 63.4 Å². The zero-order valence-corrected chi connectivity index (χ0v) is 15.6. The Balaban J connectivity index is 1.77. The molecule has 0 radical (unpaired) electrons. The molecule has 3 aliphatic rings. The molecule has 0 unspecified atom stereocenters. The van der Waals surface area contributed by atoms with Crippen molar-refractivity contribution in [2.75, 3.05) is 0 Å². The molecule has 2 N–H and O–H groups in total. The van der Waals surface area contributed by atoms with Crippen LogP contribution >= 0.6 is 0 Å². The number of ketones is 1. The molecular formula is C22H25NO4. The maximum absolute atomic E-state index is 13.1. The molecule has 1 aromatic carbocycles. The first-order valence-electron chi connectivity index (χ1n) is 9.78. The summed E-state index contributed by atoms with van der Waals surface area (Å²) in [7, 11) is 0. The smallest absolute Gasteiger partial charge is 0.337 e. The summed E-state index contributed by atoms with van der Waals surface area (Å²) >= 11 is 0. The van der Waals surface area contributed by atoms with Crippen molar-refractivity contribution >= 4 is 11.8 Å². The van der Waals surface area contributed by atoms with Gasteiger partial charge in [-0.15, -0.1) is 0 Å². The highest BCUT2D eigenvalue weighted by Gasteiger charge is 2.39. The summed E-state index contributed by atoms with van der Waals surface area (Å²) in [5.41, 5.74) is 3.52. The fourth-order valence-corrected chi connectivity index (χ4v) is 4.51. The molecule has 1 aromatic rings. The van der Waals surface area contributed by atoms with Crippen LogP contribution in [0.5, 0.6) is 5.75 Å². The van der Waals surface area contributed by atoms with Gasteiger partial charge in [-0.1, -0.05) is 12.1 Å². The lowest BCUT2D eigenvalue weighted by Gasteiger charge is -2.34. The van der Waals surface area contributed by atoms with E-state index in [1.165, 1.54) is 0 Å². The topological polar surface area (TPSA) is 75.6 Å². The van der Waals surface area contributed by atoms with E-state index in [4.69, 9.17) is 4.74 Å². The van der Waals surface area contributed by atoms with E-state index in [1.54, 1.807) is 18.2 Å². The molecule has 0 spiro atoms. The van der Waals surface area contributed by atoms with Crippen molar-refractivity contribution in [1.29, 1.82) is 0 Å². The number of hydrogen-bond donors (Lipinski definition) is 2. The van der Waals surface area contributed by atoms with Gasteiger partial charge in [0.15, 0.2) is 5.78 Å². The van der Waals surface area contributed by atoms with Crippen molar-refractivity contribution in [3.05, 3.63) is 52.4 Å². The Morgan fingerprint density at radius 2 is 1.96 bits per heavy atom. The predicted molar refractivity (Wildman–Crippen MR) is 101 cm³/mol. The number of esters is 1. The third kappa shape index (κ3) is 3.38. The highest BCUT2D eigenvalue weighted by Crippen LogP contribution is 2.43. The van der Waals surface area contributed by atoms with Crippen molar-refractivity contribution in [2.45, 2.75) is 63.9 Å². The van der Waals surface area contributed by atoms with Crippen LogP contribution in [0.25, 0.3) is 0 Å². The van der Waals surface area contributed by atoms with E-state index in [0.717, 1.165) is 55.5 Å². The Bertz CT molecular complexity index is 846. The molecule has 1 atom stereocenters. The molecule has 1 saturated carbocycles. The Labute approximate surface area is 159 Å². The second-order valence-electron chi connectivity index (χ2n) is 7.67. The van der Waals surface area contributed by atoms with E-state index < -0.39 is 5.92 Å². The number of carbonyl (C=O) groups excluding carboxylic acids is 2. The highest BCUT2D eigenvalue weighted by atomic mass is 16.5.